The van der Waals surface area contributed by atoms with Gasteiger partial charge in [0, 0.05) is 18.0 Å². The van der Waals surface area contributed by atoms with Crippen LogP contribution in [0.2, 0.25) is 0 Å². The van der Waals surface area contributed by atoms with Gasteiger partial charge in [-0.05, 0) is 37.5 Å². The zero-order valence-electron chi connectivity index (χ0n) is 15.3. The van der Waals surface area contributed by atoms with Gasteiger partial charge < -0.3 is 15.7 Å². The van der Waals surface area contributed by atoms with Crippen LogP contribution in [0.15, 0.2) is 54.6 Å². The van der Waals surface area contributed by atoms with Crippen LogP contribution in [0.1, 0.15) is 40.4 Å². The molecule has 3 aromatic rings. The van der Waals surface area contributed by atoms with Gasteiger partial charge in [0.25, 0.3) is 5.91 Å². The number of amides is 1. The fraction of sp³-hybridized carbons (Fsp3) is 0.273. The summed E-state index contributed by atoms with van der Waals surface area (Å²) in [5.41, 5.74) is 3.33. The van der Waals surface area contributed by atoms with Gasteiger partial charge in [-0.25, -0.2) is 4.98 Å². The Morgan fingerprint density at radius 3 is 2.78 bits per heavy atom. The topological polar surface area (TPSA) is 74.2 Å². The molecule has 1 aliphatic carbocycles. The molecule has 1 atom stereocenters. The van der Waals surface area contributed by atoms with E-state index >= 15 is 0 Å². The normalized spacial score (nSPS) is 14.7. The van der Waals surface area contributed by atoms with Crippen molar-refractivity contribution in [3.63, 3.8) is 0 Å². The summed E-state index contributed by atoms with van der Waals surface area (Å²) in [5.74, 6) is 0.514. The SMILES string of the molecule is Cc1cccc(C(O)CNc2cc(C(=O)NC3CC3)c3ccccc3n2)c1. The highest BCUT2D eigenvalue weighted by molar-refractivity contribution is 6.07. The van der Waals surface area contributed by atoms with Crippen molar-refractivity contribution in [1.29, 1.82) is 0 Å². The summed E-state index contributed by atoms with van der Waals surface area (Å²) < 4.78 is 0. The van der Waals surface area contributed by atoms with E-state index in [0.29, 0.717) is 24.0 Å². The molecule has 138 valence electrons. The van der Waals surface area contributed by atoms with E-state index in [1.165, 1.54) is 0 Å². The molecule has 1 amide bonds. The van der Waals surface area contributed by atoms with Crippen molar-refractivity contribution in [2.45, 2.75) is 31.9 Å². The number of benzene rings is 2. The van der Waals surface area contributed by atoms with Crippen molar-refractivity contribution < 1.29 is 9.90 Å². The fourth-order valence-corrected chi connectivity index (χ4v) is 3.14. The predicted molar refractivity (Wildman–Crippen MR) is 107 cm³/mol. The summed E-state index contributed by atoms with van der Waals surface area (Å²) in [5, 5.41) is 17.5. The van der Waals surface area contributed by atoms with Gasteiger partial charge >= 0.3 is 0 Å². The van der Waals surface area contributed by atoms with E-state index in [-0.39, 0.29) is 5.91 Å². The third-order valence-electron chi connectivity index (χ3n) is 4.78. The van der Waals surface area contributed by atoms with E-state index in [1.54, 1.807) is 6.07 Å². The number of carbonyl (C=O) groups is 1. The summed E-state index contributed by atoms with van der Waals surface area (Å²) in [6.45, 7) is 2.32. The van der Waals surface area contributed by atoms with Gasteiger partial charge in [0.2, 0.25) is 0 Å². The molecule has 5 nitrogen and oxygen atoms in total. The van der Waals surface area contributed by atoms with Gasteiger partial charge in [-0.3, -0.25) is 4.79 Å². The lowest BCUT2D eigenvalue weighted by Gasteiger charge is -2.15. The Hall–Kier alpha value is -2.92. The number of aliphatic hydroxyl groups is 1. The van der Waals surface area contributed by atoms with Crippen molar-refractivity contribution in [2.75, 3.05) is 11.9 Å². The molecule has 0 aliphatic heterocycles. The molecule has 1 aliphatic rings. The number of pyridine rings is 1. The third-order valence-corrected chi connectivity index (χ3v) is 4.78. The number of hydrogen-bond donors (Lipinski definition) is 3. The van der Waals surface area contributed by atoms with E-state index in [2.05, 4.69) is 15.6 Å². The first kappa shape index (κ1) is 17.5. The minimum absolute atomic E-state index is 0.0709. The highest BCUT2D eigenvalue weighted by Gasteiger charge is 2.25. The molecule has 4 rings (SSSR count). The van der Waals surface area contributed by atoms with Gasteiger partial charge in [0.1, 0.15) is 5.82 Å². The average Bonchev–Trinajstić information content (AvgIpc) is 3.49. The largest absolute Gasteiger partial charge is 0.387 e. The van der Waals surface area contributed by atoms with Crippen LogP contribution in [-0.2, 0) is 0 Å². The van der Waals surface area contributed by atoms with E-state index in [0.717, 1.165) is 34.9 Å². The van der Waals surface area contributed by atoms with Crippen LogP contribution < -0.4 is 10.6 Å². The van der Waals surface area contributed by atoms with E-state index < -0.39 is 6.10 Å². The molecule has 1 fully saturated rings. The molecule has 1 saturated carbocycles. The number of carbonyl (C=O) groups excluding carboxylic acids is 1. The summed E-state index contributed by atoms with van der Waals surface area (Å²) in [4.78, 5) is 17.2. The van der Waals surface area contributed by atoms with Gasteiger partial charge in [-0.2, -0.15) is 0 Å². The van der Waals surface area contributed by atoms with Gasteiger partial charge in [0.05, 0.1) is 17.2 Å². The maximum absolute atomic E-state index is 12.6. The molecule has 0 spiro atoms. The van der Waals surface area contributed by atoms with Crippen molar-refractivity contribution >= 4 is 22.6 Å². The monoisotopic (exact) mass is 361 g/mol. The average molecular weight is 361 g/mol. The fourth-order valence-electron chi connectivity index (χ4n) is 3.14. The minimum atomic E-state index is -0.651. The Labute approximate surface area is 158 Å². The van der Waals surface area contributed by atoms with Crippen LogP contribution in [0.25, 0.3) is 10.9 Å². The number of aromatic nitrogens is 1. The Bertz CT molecular complexity index is 982. The van der Waals surface area contributed by atoms with Crippen molar-refractivity contribution in [2.24, 2.45) is 0 Å². The molecule has 0 bridgehead atoms. The maximum Gasteiger partial charge on any atom is 0.252 e. The first-order chi connectivity index (χ1) is 13.1. The van der Waals surface area contributed by atoms with Crippen LogP contribution in [0, 0.1) is 6.92 Å². The highest BCUT2D eigenvalue weighted by atomic mass is 16.3. The molecule has 0 radical (unpaired) electrons. The van der Waals surface area contributed by atoms with Crippen LogP contribution >= 0.6 is 0 Å². The first-order valence-electron chi connectivity index (χ1n) is 9.29. The quantitative estimate of drug-likeness (QED) is 0.627. The number of rotatable bonds is 6. The van der Waals surface area contributed by atoms with Crippen LogP contribution in [0.3, 0.4) is 0 Å². The number of para-hydroxylation sites is 1. The van der Waals surface area contributed by atoms with Crippen molar-refractivity contribution in [3.8, 4) is 0 Å². The Balaban J connectivity index is 1.57. The van der Waals surface area contributed by atoms with Gasteiger partial charge in [-0.1, -0.05) is 48.0 Å². The van der Waals surface area contributed by atoms with Crippen molar-refractivity contribution in [1.82, 2.24) is 10.3 Å². The molecule has 1 unspecified atom stereocenters. The Morgan fingerprint density at radius 1 is 1.19 bits per heavy atom. The molecule has 1 aromatic heterocycles. The second kappa shape index (κ2) is 7.37. The summed E-state index contributed by atoms with van der Waals surface area (Å²) in [7, 11) is 0. The summed E-state index contributed by atoms with van der Waals surface area (Å²) >= 11 is 0. The van der Waals surface area contributed by atoms with Crippen LogP contribution in [0.4, 0.5) is 5.82 Å². The Kier molecular flexibility index (Phi) is 4.77. The molecular weight excluding hydrogens is 338 g/mol. The lowest BCUT2D eigenvalue weighted by molar-refractivity contribution is 0.0952. The molecule has 2 aromatic carbocycles. The molecule has 1 heterocycles. The molecule has 5 heteroatoms. The predicted octanol–water partition coefficient (Wildman–Crippen LogP) is 3.58. The van der Waals surface area contributed by atoms with Crippen LogP contribution in [-0.4, -0.2) is 28.6 Å². The number of nitrogens with one attached hydrogen (secondary N) is 2. The number of anilines is 1. The minimum Gasteiger partial charge on any atom is -0.387 e. The number of aliphatic hydroxyl groups excluding tert-OH is 1. The van der Waals surface area contributed by atoms with E-state index in [1.807, 2.05) is 55.5 Å². The summed E-state index contributed by atoms with van der Waals surface area (Å²) in [6.07, 6.45) is 1.44. The zero-order chi connectivity index (χ0) is 18.8. The van der Waals surface area contributed by atoms with Gasteiger partial charge in [0.15, 0.2) is 0 Å². The maximum atomic E-state index is 12.6. The lowest BCUT2D eigenvalue weighted by atomic mass is 10.1. The standard InChI is InChI=1S/C22H23N3O2/c1-14-5-4-6-15(11-14)20(26)13-23-21-12-18(22(27)24-16-9-10-16)17-7-2-3-8-19(17)25-21/h2-8,11-12,16,20,26H,9-10,13H2,1H3,(H,23,25)(H,24,27). The zero-order valence-corrected chi connectivity index (χ0v) is 15.3. The number of fused-ring (bicyclic) bond motifs is 1. The number of nitrogens with zero attached hydrogens (tertiary/aromatic N) is 1. The smallest absolute Gasteiger partial charge is 0.252 e. The first-order valence-corrected chi connectivity index (χ1v) is 9.29. The highest BCUT2D eigenvalue weighted by Crippen LogP contribution is 2.24. The molecule has 3 N–H and O–H groups in total. The van der Waals surface area contributed by atoms with Crippen molar-refractivity contribution in [3.05, 3.63) is 71.3 Å². The molecule has 27 heavy (non-hydrogen) atoms. The number of aryl methyl sites for hydroxylation is 1. The third kappa shape index (κ3) is 4.09. The summed E-state index contributed by atoms with van der Waals surface area (Å²) in [6, 6.07) is 17.5. The second-order valence-corrected chi connectivity index (χ2v) is 7.13. The van der Waals surface area contributed by atoms with E-state index in [4.69, 9.17) is 0 Å². The second-order valence-electron chi connectivity index (χ2n) is 7.13. The molecule has 0 saturated heterocycles. The number of hydrogen-bond acceptors (Lipinski definition) is 4. The van der Waals surface area contributed by atoms with Crippen LogP contribution in [0.5, 0.6) is 0 Å². The van der Waals surface area contributed by atoms with Gasteiger partial charge in [-0.15, -0.1) is 0 Å². The molecular formula is C22H23N3O2. The Morgan fingerprint density at radius 2 is 2.00 bits per heavy atom. The lowest BCUT2D eigenvalue weighted by Crippen LogP contribution is -2.26. The van der Waals surface area contributed by atoms with E-state index in [9.17, 15) is 9.90 Å².